The molecular weight excluding hydrogens is 413 g/mol. The van der Waals surface area contributed by atoms with Crippen molar-refractivity contribution in [2.75, 3.05) is 7.11 Å². The van der Waals surface area contributed by atoms with E-state index in [1.165, 1.54) is 44.4 Å². The van der Waals surface area contributed by atoms with Crippen LogP contribution in [0.4, 0.5) is 18.0 Å². The van der Waals surface area contributed by atoms with E-state index in [0.717, 1.165) is 6.07 Å². The Morgan fingerprint density at radius 2 is 1.90 bits per heavy atom. The average Bonchev–Trinajstić information content (AvgIpc) is 2.70. The second-order valence-electron chi connectivity index (χ2n) is 5.85. The van der Waals surface area contributed by atoms with E-state index < -0.39 is 23.9 Å². The zero-order valence-corrected chi connectivity index (χ0v) is 16.5. The molecule has 29 heavy (non-hydrogen) atoms. The largest absolute Gasteiger partial charge is 0.451 e. The second-order valence-corrected chi connectivity index (χ2v) is 6.26. The maximum atomic E-state index is 13.2. The molecule has 2 rings (SSSR count). The average molecular weight is 431 g/mol. The number of hydrogen-bond donors (Lipinski definition) is 1. The molecule has 0 aliphatic heterocycles. The third-order valence-corrected chi connectivity index (χ3v) is 4.14. The zero-order chi connectivity index (χ0) is 21.6. The number of carbonyl (C=O) groups excluding carboxylic acids is 1. The van der Waals surface area contributed by atoms with Gasteiger partial charge in [0.2, 0.25) is 0 Å². The SMILES string of the molecule is COC(=O)NOc1cc(/C(C)=N/OC(C)c2ccccc2C(F)(F)F)ccc1Cl. The number of oxime groups is 1. The number of alkyl halides is 3. The maximum absolute atomic E-state index is 13.2. The molecule has 0 saturated carbocycles. The predicted molar refractivity (Wildman–Crippen MR) is 101 cm³/mol. The van der Waals surface area contributed by atoms with E-state index in [9.17, 15) is 18.0 Å². The van der Waals surface area contributed by atoms with Crippen molar-refractivity contribution in [3.05, 3.63) is 64.2 Å². The minimum absolute atomic E-state index is 0.0287. The topological polar surface area (TPSA) is 69.2 Å². The van der Waals surface area contributed by atoms with Crippen LogP contribution in [0.3, 0.4) is 0 Å². The molecule has 0 saturated heterocycles. The van der Waals surface area contributed by atoms with Crippen LogP contribution in [0.5, 0.6) is 5.75 Å². The van der Waals surface area contributed by atoms with Crippen LogP contribution in [0.15, 0.2) is 47.6 Å². The minimum atomic E-state index is -4.50. The molecule has 0 fully saturated rings. The molecule has 156 valence electrons. The first-order valence-corrected chi connectivity index (χ1v) is 8.68. The number of benzene rings is 2. The normalized spacial score (nSPS) is 12.9. The molecule has 0 aliphatic carbocycles. The molecule has 10 heteroatoms. The van der Waals surface area contributed by atoms with Crippen LogP contribution in [0, 0.1) is 0 Å². The third kappa shape index (κ3) is 6.02. The lowest BCUT2D eigenvalue weighted by atomic mass is 10.0. The van der Waals surface area contributed by atoms with Crippen molar-refractivity contribution < 1.29 is 32.4 Å². The number of methoxy groups -OCH3 is 1. The van der Waals surface area contributed by atoms with E-state index in [1.807, 2.05) is 5.48 Å². The number of nitrogens with one attached hydrogen (secondary N) is 1. The number of ether oxygens (including phenoxy) is 1. The summed E-state index contributed by atoms with van der Waals surface area (Å²) in [6.07, 6.45) is -6.26. The summed E-state index contributed by atoms with van der Waals surface area (Å²) in [4.78, 5) is 21.4. The van der Waals surface area contributed by atoms with E-state index in [0.29, 0.717) is 11.3 Å². The Kier molecular flexibility index (Phi) is 7.33. The van der Waals surface area contributed by atoms with Gasteiger partial charge >= 0.3 is 12.3 Å². The molecule has 2 aromatic rings. The molecule has 1 unspecified atom stereocenters. The van der Waals surface area contributed by atoms with E-state index in [1.54, 1.807) is 13.0 Å². The summed E-state index contributed by atoms with van der Waals surface area (Å²) in [5.41, 5.74) is 2.10. The Bertz CT molecular complexity index is 903. The predicted octanol–water partition coefficient (Wildman–Crippen LogP) is 5.51. The number of amides is 1. The van der Waals surface area contributed by atoms with Gasteiger partial charge in [0.05, 0.1) is 23.4 Å². The molecule has 1 amide bonds. The van der Waals surface area contributed by atoms with Gasteiger partial charge in [-0.15, -0.1) is 0 Å². The molecule has 0 aromatic heterocycles. The highest BCUT2D eigenvalue weighted by Gasteiger charge is 2.34. The van der Waals surface area contributed by atoms with Crippen molar-refractivity contribution >= 4 is 23.4 Å². The van der Waals surface area contributed by atoms with E-state index in [-0.39, 0.29) is 16.3 Å². The molecule has 1 atom stereocenters. The Labute approximate surface area is 170 Å². The van der Waals surface area contributed by atoms with Gasteiger partial charge in [-0.2, -0.15) is 18.7 Å². The van der Waals surface area contributed by atoms with Crippen LogP contribution in [-0.2, 0) is 15.8 Å². The van der Waals surface area contributed by atoms with Crippen molar-refractivity contribution in [2.45, 2.75) is 26.1 Å². The van der Waals surface area contributed by atoms with Crippen molar-refractivity contribution in [1.29, 1.82) is 0 Å². The number of carbonyl (C=O) groups is 1. The quantitative estimate of drug-likeness (QED) is 0.484. The molecule has 1 N–H and O–H groups in total. The second kappa shape index (κ2) is 9.51. The number of hydroxylamine groups is 1. The zero-order valence-electron chi connectivity index (χ0n) is 15.7. The van der Waals surface area contributed by atoms with Gasteiger partial charge in [0.1, 0.15) is 6.10 Å². The summed E-state index contributed by atoms with van der Waals surface area (Å²) in [6, 6.07) is 9.74. The van der Waals surface area contributed by atoms with Crippen LogP contribution in [0.1, 0.15) is 36.6 Å². The highest BCUT2D eigenvalue weighted by Crippen LogP contribution is 2.35. The van der Waals surface area contributed by atoms with Gasteiger partial charge in [-0.3, -0.25) is 0 Å². The summed E-state index contributed by atoms with van der Waals surface area (Å²) in [7, 11) is 1.17. The Balaban J connectivity index is 2.17. The first-order valence-electron chi connectivity index (χ1n) is 8.30. The monoisotopic (exact) mass is 430 g/mol. The van der Waals surface area contributed by atoms with Crippen LogP contribution in [0.2, 0.25) is 5.02 Å². The van der Waals surface area contributed by atoms with E-state index >= 15 is 0 Å². The summed E-state index contributed by atoms with van der Waals surface area (Å²) < 4.78 is 43.8. The molecular formula is C19H18ClF3N2O4. The van der Waals surface area contributed by atoms with Crippen LogP contribution < -0.4 is 10.3 Å². The highest BCUT2D eigenvalue weighted by molar-refractivity contribution is 6.32. The molecule has 2 aromatic carbocycles. The Hall–Kier alpha value is -2.94. The molecule has 6 nitrogen and oxygen atoms in total. The van der Waals surface area contributed by atoms with Crippen LogP contribution >= 0.6 is 11.6 Å². The lowest BCUT2D eigenvalue weighted by Gasteiger charge is -2.17. The fourth-order valence-electron chi connectivity index (χ4n) is 2.32. The van der Waals surface area contributed by atoms with Crippen molar-refractivity contribution in [3.8, 4) is 5.75 Å². The van der Waals surface area contributed by atoms with Crippen LogP contribution in [0.25, 0.3) is 0 Å². The highest BCUT2D eigenvalue weighted by atomic mass is 35.5. The van der Waals surface area contributed by atoms with Crippen molar-refractivity contribution in [1.82, 2.24) is 5.48 Å². The van der Waals surface area contributed by atoms with E-state index in [4.69, 9.17) is 21.3 Å². The minimum Gasteiger partial charge on any atom is -0.451 e. The fourth-order valence-corrected chi connectivity index (χ4v) is 2.48. The van der Waals surface area contributed by atoms with Gasteiger partial charge in [-0.25, -0.2) is 4.79 Å². The first kappa shape index (κ1) is 22.4. The van der Waals surface area contributed by atoms with E-state index in [2.05, 4.69) is 9.89 Å². The number of hydrogen-bond acceptors (Lipinski definition) is 5. The summed E-state index contributed by atoms with van der Waals surface area (Å²) in [5.74, 6) is 0.125. The first-order chi connectivity index (χ1) is 13.6. The van der Waals surface area contributed by atoms with Gasteiger partial charge < -0.3 is 14.4 Å². The van der Waals surface area contributed by atoms with Gasteiger partial charge in [-0.1, -0.05) is 41.0 Å². The van der Waals surface area contributed by atoms with Crippen LogP contribution in [-0.4, -0.2) is 18.9 Å². The maximum Gasteiger partial charge on any atom is 0.440 e. The van der Waals surface area contributed by atoms with Gasteiger partial charge in [-0.05, 0) is 32.0 Å². The fraction of sp³-hybridized carbons (Fsp3) is 0.263. The third-order valence-electron chi connectivity index (χ3n) is 3.83. The Morgan fingerprint density at radius 1 is 1.21 bits per heavy atom. The molecule has 0 radical (unpaired) electrons. The summed E-state index contributed by atoms with van der Waals surface area (Å²) >= 11 is 6.00. The van der Waals surface area contributed by atoms with Gasteiger partial charge in [0.25, 0.3) is 0 Å². The smallest absolute Gasteiger partial charge is 0.440 e. The summed E-state index contributed by atoms with van der Waals surface area (Å²) in [6.45, 7) is 3.07. The van der Waals surface area contributed by atoms with Crippen molar-refractivity contribution in [3.63, 3.8) is 0 Å². The number of rotatable bonds is 6. The standard InChI is InChI=1S/C19H18ClF3N2O4/c1-11(13-8-9-16(20)17(10-13)29-25-18(26)27-3)24-28-12(2)14-6-4-5-7-15(14)19(21,22)23/h4-10,12H,1-3H3,(H,25,26)/b24-11+. The molecule has 0 aliphatic rings. The molecule has 0 heterocycles. The van der Waals surface area contributed by atoms with Gasteiger partial charge in [0, 0.05) is 11.1 Å². The van der Waals surface area contributed by atoms with Gasteiger partial charge in [0.15, 0.2) is 5.75 Å². The molecule has 0 spiro atoms. The lowest BCUT2D eigenvalue weighted by molar-refractivity contribution is -0.139. The summed E-state index contributed by atoms with van der Waals surface area (Å²) in [5, 5.41) is 4.13. The Morgan fingerprint density at radius 3 is 2.55 bits per heavy atom. The number of nitrogens with zero attached hydrogens (tertiary/aromatic N) is 1. The number of halogens is 4. The lowest BCUT2D eigenvalue weighted by Crippen LogP contribution is -2.26. The van der Waals surface area contributed by atoms with Crippen molar-refractivity contribution in [2.24, 2.45) is 5.16 Å². The molecule has 0 bridgehead atoms.